The average molecular weight is 306 g/mol. The molecule has 2 heteroatoms. The molecule has 1 fully saturated rings. The van der Waals surface area contributed by atoms with Gasteiger partial charge in [-0.05, 0) is 71.6 Å². The van der Waals surface area contributed by atoms with Crippen LogP contribution >= 0.6 is 0 Å². The van der Waals surface area contributed by atoms with Crippen molar-refractivity contribution in [3.8, 4) is 0 Å². The van der Waals surface area contributed by atoms with Gasteiger partial charge in [-0.3, -0.25) is 0 Å². The minimum Gasteiger partial charge on any atom is -0.390 e. The second-order valence-corrected chi connectivity index (χ2v) is 8.03. The number of hydrogen-bond acceptors (Lipinski definition) is 2. The number of rotatable bonds is 1. The number of hydrogen-bond donors (Lipinski definition) is 1. The van der Waals surface area contributed by atoms with Gasteiger partial charge in [0, 0.05) is 0 Å². The van der Waals surface area contributed by atoms with Crippen molar-refractivity contribution in [2.75, 3.05) is 0 Å². The Morgan fingerprint density at radius 2 is 1.82 bits per heavy atom. The molecule has 3 atom stereocenters. The smallest absolute Gasteiger partial charge is 0.0921 e. The highest BCUT2D eigenvalue weighted by Gasteiger charge is 2.50. The zero-order chi connectivity index (χ0) is 16.4. The normalized spacial score (nSPS) is 37.9. The predicted molar refractivity (Wildman–Crippen MR) is 92.9 cm³/mol. The van der Waals surface area contributed by atoms with E-state index in [-0.39, 0.29) is 17.3 Å². The van der Waals surface area contributed by atoms with Gasteiger partial charge in [-0.2, -0.15) is 0 Å². The first-order chi connectivity index (χ1) is 10.3. The summed E-state index contributed by atoms with van der Waals surface area (Å²) in [7, 11) is 0. The molecule has 0 spiro atoms. The molecule has 0 radical (unpaired) electrons. The summed E-state index contributed by atoms with van der Waals surface area (Å²) in [5, 5.41) is 10.7. The Balaban J connectivity index is 2.27. The van der Waals surface area contributed by atoms with Crippen molar-refractivity contribution >= 4 is 0 Å². The standard InChI is InChI=1S/C20H34O2/c1-15(2)20-12-11-17(4)8-6-7-16(3)9-10-18(21)19(5,22-20)13-14-20/h7,11,15,18,21H,6,8-10,12-14H2,1-5H3/t18-,19+,20+/m1/s1. The molecule has 22 heavy (non-hydrogen) atoms. The number of aliphatic hydroxyl groups excluding tert-OH is 1. The summed E-state index contributed by atoms with van der Waals surface area (Å²) >= 11 is 0. The van der Waals surface area contributed by atoms with E-state index in [9.17, 15) is 5.11 Å². The fourth-order valence-electron chi connectivity index (χ4n) is 3.81. The summed E-state index contributed by atoms with van der Waals surface area (Å²) < 4.78 is 6.59. The van der Waals surface area contributed by atoms with E-state index in [1.165, 1.54) is 11.1 Å². The minimum absolute atomic E-state index is 0.104. The molecular weight excluding hydrogens is 272 g/mol. The maximum atomic E-state index is 10.7. The Morgan fingerprint density at radius 3 is 2.50 bits per heavy atom. The Morgan fingerprint density at radius 1 is 1.14 bits per heavy atom. The van der Waals surface area contributed by atoms with Gasteiger partial charge in [0.15, 0.2) is 0 Å². The highest BCUT2D eigenvalue weighted by atomic mass is 16.5. The van der Waals surface area contributed by atoms with Gasteiger partial charge in [-0.15, -0.1) is 0 Å². The van der Waals surface area contributed by atoms with Gasteiger partial charge >= 0.3 is 0 Å². The molecule has 126 valence electrons. The SMILES string of the molecule is CC1=CC[C@@]2(C(C)C)CC[C@](C)(O2)[C@H](O)CCC(C)=CCC1. The molecule has 2 aliphatic rings. The maximum absolute atomic E-state index is 10.7. The topological polar surface area (TPSA) is 29.5 Å². The summed E-state index contributed by atoms with van der Waals surface area (Å²) in [5.41, 5.74) is 2.36. The maximum Gasteiger partial charge on any atom is 0.0921 e. The summed E-state index contributed by atoms with van der Waals surface area (Å²) in [5.74, 6) is 0.468. The van der Waals surface area contributed by atoms with Crippen molar-refractivity contribution in [2.45, 2.75) is 96.9 Å². The monoisotopic (exact) mass is 306 g/mol. The lowest BCUT2D eigenvalue weighted by atomic mass is 9.82. The molecule has 0 aromatic carbocycles. The number of allylic oxidation sites excluding steroid dienone is 3. The van der Waals surface area contributed by atoms with Crippen molar-refractivity contribution in [3.63, 3.8) is 0 Å². The Labute approximate surface area is 136 Å². The molecule has 0 aromatic heterocycles. The molecule has 2 heterocycles. The fourth-order valence-corrected chi connectivity index (χ4v) is 3.81. The van der Waals surface area contributed by atoms with E-state index in [1.807, 2.05) is 0 Å². The van der Waals surface area contributed by atoms with E-state index in [4.69, 9.17) is 4.74 Å². The third-order valence-electron chi connectivity index (χ3n) is 5.88. The van der Waals surface area contributed by atoms with Gasteiger partial charge in [0.05, 0.1) is 17.3 Å². The van der Waals surface area contributed by atoms with Crippen molar-refractivity contribution in [1.29, 1.82) is 0 Å². The quantitative estimate of drug-likeness (QED) is 0.677. The summed E-state index contributed by atoms with van der Waals surface area (Å²) in [6.45, 7) is 11.0. The molecule has 0 saturated carbocycles. The van der Waals surface area contributed by atoms with E-state index in [2.05, 4.69) is 46.8 Å². The van der Waals surface area contributed by atoms with Crippen LogP contribution in [0.25, 0.3) is 0 Å². The molecule has 1 N–H and O–H groups in total. The van der Waals surface area contributed by atoms with Gasteiger partial charge in [-0.1, -0.05) is 37.1 Å². The van der Waals surface area contributed by atoms with E-state index in [0.29, 0.717) is 5.92 Å². The molecule has 1 saturated heterocycles. The minimum atomic E-state index is -0.389. The number of ether oxygens (including phenoxy) is 1. The first-order valence-corrected chi connectivity index (χ1v) is 8.97. The van der Waals surface area contributed by atoms with Gasteiger partial charge in [0.2, 0.25) is 0 Å². The molecule has 0 unspecified atom stereocenters. The van der Waals surface area contributed by atoms with Gasteiger partial charge < -0.3 is 9.84 Å². The highest BCUT2D eigenvalue weighted by Crippen LogP contribution is 2.47. The van der Waals surface area contributed by atoms with Crippen LogP contribution in [0.3, 0.4) is 0 Å². The third-order valence-corrected chi connectivity index (χ3v) is 5.88. The molecular formula is C20H34O2. The Kier molecular flexibility index (Phi) is 5.55. The van der Waals surface area contributed by atoms with Crippen LogP contribution in [0.1, 0.15) is 79.6 Å². The zero-order valence-corrected chi connectivity index (χ0v) is 15.1. The van der Waals surface area contributed by atoms with Crippen LogP contribution in [-0.2, 0) is 4.74 Å². The molecule has 2 aliphatic heterocycles. The molecule has 2 rings (SSSR count). The molecule has 2 bridgehead atoms. The van der Waals surface area contributed by atoms with Crippen LogP contribution in [0, 0.1) is 5.92 Å². The van der Waals surface area contributed by atoms with E-state index < -0.39 is 0 Å². The lowest BCUT2D eigenvalue weighted by Crippen LogP contribution is -2.44. The van der Waals surface area contributed by atoms with Crippen LogP contribution in [0.5, 0.6) is 0 Å². The first-order valence-electron chi connectivity index (χ1n) is 8.97. The lowest BCUT2D eigenvalue weighted by Gasteiger charge is -2.38. The Hall–Kier alpha value is -0.600. The first kappa shape index (κ1) is 17.7. The van der Waals surface area contributed by atoms with E-state index in [0.717, 1.165) is 44.9 Å². The van der Waals surface area contributed by atoms with Crippen molar-refractivity contribution < 1.29 is 9.84 Å². The number of aliphatic hydroxyl groups is 1. The van der Waals surface area contributed by atoms with Crippen LogP contribution in [0.15, 0.2) is 23.3 Å². The second kappa shape index (κ2) is 6.88. The highest BCUT2D eigenvalue weighted by molar-refractivity contribution is 5.10. The lowest BCUT2D eigenvalue weighted by molar-refractivity contribution is -0.162. The van der Waals surface area contributed by atoms with Crippen LogP contribution < -0.4 is 0 Å². The Bertz CT molecular complexity index is 449. The van der Waals surface area contributed by atoms with E-state index >= 15 is 0 Å². The van der Waals surface area contributed by atoms with Crippen LogP contribution in [0.4, 0.5) is 0 Å². The molecule has 2 nitrogen and oxygen atoms in total. The summed E-state index contributed by atoms with van der Waals surface area (Å²) in [6.07, 6.45) is 11.3. The van der Waals surface area contributed by atoms with Crippen molar-refractivity contribution in [3.05, 3.63) is 23.3 Å². The summed E-state index contributed by atoms with van der Waals surface area (Å²) in [6, 6.07) is 0. The van der Waals surface area contributed by atoms with Gasteiger partial charge in [-0.25, -0.2) is 0 Å². The molecule has 0 aliphatic carbocycles. The number of fused-ring (bicyclic) bond motifs is 2. The summed E-state index contributed by atoms with van der Waals surface area (Å²) in [4.78, 5) is 0. The van der Waals surface area contributed by atoms with Crippen LogP contribution in [-0.4, -0.2) is 22.4 Å². The third kappa shape index (κ3) is 3.83. The van der Waals surface area contributed by atoms with E-state index in [1.54, 1.807) is 0 Å². The van der Waals surface area contributed by atoms with Gasteiger partial charge in [0.1, 0.15) is 0 Å². The fraction of sp³-hybridized carbons (Fsp3) is 0.800. The van der Waals surface area contributed by atoms with Crippen LogP contribution in [0.2, 0.25) is 0 Å². The molecule has 0 amide bonds. The van der Waals surface area contributed by atoms with Gasteiger partial charge in [0.25, 0.3) is 0 Å². The zero-order valence-electron chi connectivity index (χ0n) is 15.1. The molecule has 0 aromatic rings. The predicted octanol–water partition coefficient (Wildman–Crippen LogP) is 5.17. The van der Waals surface area contributed by atoms with Crippen molar-refractivity contribution in [2.24, 2.45) is 5.92 Å². The largest absolute Gasteiger partial charge is 0.390 e. The second-order valence-electron chi connectivity index (χ2n) is 8.03. The van der Waals surface area contributed by atoms with Crippen molar-refractivity contribution in [1.82, 2.24) is 0 Å². The average Bonchev–Trinajstić information content (AvgIpc) is 2.82.